The molecule has 1 N–H and O–H groups in total. The molecule has 82 valence electrons. The van der Waals surface area contributed by atoms with E-state index in [1.54, 1.807) is 6.07 Å². The number of hydrogen-bond donors (Lipinski definition) is 1. The molecule has 1 aliphatic rings. The van der Waals surface area contributed by atoms with E-state index in [4.69, 9.17) is 19.3 Å². The molecule has 15 heavy (non-hydrogen) atoms. The maximum absolute atomic E-state index is 8.84. The van der Waals surface area contributed by atoms with Crippen molar-refractivity contribution in [3.05, 3.63) is 18.2 Å². The molecule has 0 aliphatic carbocycles. The second-order valence-corrected chi connectivity index (χ2v) is 3.61. The Balaban J connectivity index is 1.98. The van der Waals surface area contributed by atoms with Crippen molar-refractivity contribution in [1.29, 1.82) is 0 Å². The summed E-state index contributed by atoms with van der Waals surface area (Å²) in [6, 6.07) is 5.45. The molecule has 1 atom stereocenters. The first kappa shape index (κ1) is 10.1. The van der Waals surface area contributed by atoms with Gasteiger partial charge in [0.25, 0.3) is 0 Å². The minimum absolute atomic E-state index is 0.130. The molecule has 0 radical (unpaired) electrons. The second kappa shape index (κ2) is 4.40. The van der Waals surface area contributed by atoms with Crippen molar-refractivity contribution in [2.45, 2.75) is 6.92 Å². The smallest absolute Gasteiger partial charge is 0.231 e. The van der Waals surface area contributed by atoms with Crippen LogP contribution >= 0.6 is 0 Å². The normalized spacial score (nSPS) is 15.1. The lowest BCUT2D eigenvalue weighted by Gasteiger charge is -2.10. The number of fused-ring (bicyclic) bond motifs is 1. The minimum Gasteiger partial charge on any atom is -0.493 e. The van der Waals surface area contributed by atoms with Gasteiger partial charge >= 0.3 is 0 Å². The van der Waals surface area contributed by atoms with Crippen LogP contribution in [0.15, 0.2) is 18.2 Å². The lowest BCUT2D eigenvalue weighted by molar-refractivity contribution is 0.171. The first-order valence-electron chi connectivity index (χ1n) is 4.93. The summed E-state index contributed by atoms with van der Waals surface area (Å²) in [6.07, 6.45) is 0. The van der Waals surface area contributed by atoms with Crippen molar-refractivity contribution in [3.63, 3.8) is 0 Å². The molecule has 1 unspecified atom stereocenters. The Morgan fingerprint density at radius 2 is 2.20 bits per heavy atom. The first-order valence-corrected chi connectivity index (χ1v) is 4.93. The van der Waals surface area contributed by atoms with Crippen LogP contribution in [0.4, 0.5) is 0 Å². The van der Waals surface area contributed by atoms with Crippen LogP contribution in [0.2, 0.25) is 0 Å². The number of benzene rings is 1. The third-order valence-electron chi connectivity index (χ3n) is 2.19. The van der Waals surface area contributed by atoms with E-state index in [1.165, 1.54) is 0 Å². The lowest BCUT2D eigenvalue weighted by atomic mass is 10.2. The van der Waals surface area contributed by atoms with E-state index in [0.717, 1.165) is 11.5 Å². The van der Waals surface area contributed by atoms with Crippen LogP contribution < -0.4 is 14.2 Å². The van der Waals surface area contributed by atoms with Crippen LogP contribution in [0.25, 0.3) is 0 Å². The summed E-state index contributed by atoms with van der Waals surface area (Å²) in [7, 11) is 0. The zero-order valence-corrected chi connectivity index (χ0v) is 8.60. The Kier molecular flexibility index (Phi) is 2.97. The zero-order chi connectivity index (χ0) is 10.7. The fourth-order valence-electron chi connectivity index (χ4n) is 1.26. The van der Waals surface area contributed by atoms with Gasteiger partial charge in [0.15, 0.2) is 11.5 Å². The largest absolute Gasteiger partial charge is 0.493 e. The van der Waals surface area contributed by atoms with Gasteiger partial charge in [0.05, 0.1) is 6.61 Å². The molecule has 0 amide bonds. The highest BCUT2D eigenvalue weighted by molar-refractivity contribution is 5.46. The quantitative estimate of drug-likeness (QED) is 0.816. The number of rotatable bonds is 4. The third-order valence-corrected chi connectivity index (χ3v) is 2.19. The average Bonchev–Trinajstić information content (AvgIpc) is 2.72. The zero-order valence-electron chi connectivity index (χ0n) is 8.60. The van der Waals surface area contributed by atoms with E-state index in [-0.39, 0.29) is 19.3 Å². The summed E-state index contributed by atoms with van der Waals surface area (Å²) >= 11 is 0. The molecular formula is C11H14O4. The molecule has 1 aromatic rings. The molecule has 0 fully saturated rings. The summed E-state index contributed by atoms with van der Waals surface area (Å²) in [5.74, 6) is 2.33. The van der Waals surface area contributed by atoms with Gasteiger partial charge in [-0.25, -0.2) is 0 Å². The van der Waals surface area contributed by atoms with Crippen molar-refractivity contribution in [3.8, 4) is 17.2 Å². The Hall–Kier alpha value is -1.42. The van der Waals surface area contributed by atoms with E-state index in [1.807, 2.05) is 19.1 Å². The van der Waals surface area contributed by atoms with Crippen LogP contribution in [0.1, 0.15) is 6.92 Å². The topological polar surface area (TPSA) is 47.9 Å². The lowest BCUT2D eigenvalue weighted by Crippen LogP contribution is -2.11. The summed E-state index contributed by atoms with van der Waals surface area (Å²) < 4.78 is 15.9. The number of aliphatic hydroxyl groups excluding tert-OH is 1. The molecule has 2 rings (SSSR count). The molecular weight excluding hydrogens is 196 g/mol. The molecule has 0 aromatic heterocycles. The number of aliphatic hydroxyl groups is 1. The van der Waals surface area contributed by atoms with Gasteiger partial charge in [0.1, 0.15) is 5.75 Å². The van der Waals surface area contributed by atoms with Gasteiger partial charge in [0, 0.05) is 18.6 Å². The number of hydrogen-bond acceptors (Lipinski definition) is 4. The average molecular weight is 210 g/mol. The van der Waals surface area contributed by atoms with E-state index >= 15 is 0 Å². The van der Waals surface area contributed by atoms with Crippen molar-refractivity contribution < 1.29 is 19.3 Å². The van der Waals surface area contributed by atoms with E-state index < -0.39 is 0 Å². The predicted molar refractivity (Wildman–Crippen MR) is 54.3 cm³/mol. The highest BCUT2D eigenvalue weighted by atomic mass is 16.7. The Labute approximate surface area is 88.4 Å². The van der Waals surface area contributed by atoms with Crippen LogP contribution in [-0.2, 0) is 0 Å². The van der Waals surface area contributed by atoms with E-state index in [2.05, 4.69) is 0 Å². The van der Waals surface area contributed by atoms with Crippen molar-refractivity contribution in [2.24, 2.45) is 5.92 Å². The third kappa shape index (κ3) is 2.33. The fraction of sp³-hybridized carbons (Fsp3) is 0.455. The van der Waals surface area contributed by atoms with Crippen molar-refractivity contribution >= 4 is 0 Å². The molecule has 0 saturated heterocycles. The van der Waals surface area contributed by atoms with Crippen LogP contribution in [0, 0.1) is 5.92 Å². The maximum Gasteiger partial charge on any atom is 0.231 e. The predicted octanol–water partition coefficient (Wildman–Crippen LogP) is 1.42. The van der Waals surface area contributed by atoms with Crippen LogP contribution in [-0.4, -0.2) is 25.1 Å². The number of ether oxygens (including phenoxy) is 3. The molecule has 1 aliphatic heterocycles. The molecule has 1 aromatic carbocycles. The van der Waals surface area contributed by atoms with E-state index in [9.17, 15) is 0 Å². The SMILES string of the molecule is CC(CO)COc1ccc2c(c1)OCO2. The Morgan fingerprint density at radius 3 is 3.00 bits per heavy atom. The standard InChI is InChI=1S/C11H14O4/c1-8(5-12)6-13-9-2-3-10-11(4-9)15-7-14-10/h2-4,8,12H,5-7H2,1H3. The van der Waals surface area contributed by atoms with Gasteiger partial charge in [-0.3, -0.25) is 0 Å². The van der Waals surface area contributed by atoms with Gasteiger partial charge in [-0.15, -0.1) is 0 Å². The maximum atomic E-state index is 8.84. The molecule has 4 heteroatoms. The van der Waals surface area contributed by atoms with Gasteiger partial charge in [-0.05, 0) is 12.1 Å². The van der Waals surface area contributed by atoms with Crippen molar-refractivity contribution in [1.82, 2.24) is 0 Å². The van der Waals surface area contributed by atoms with Crippen LogP contribution in [0.3, 0.4) is 0 Å². The summed E-state index contributed by atoms with van der Waals surface area (Å²) in [5, 5.41) is 8.84. The fourth-order valence-corrected chi connectivity index (χ4v) is 1.26. The van der Waals surface area contributed by atoms with Gasteiger partial charge in [-0.1, -0.05) is 6.92 Å². The first-order chi connectivity index (χ1) is 7.29. The summed E-state index contributed by atoms with van der Waals surface area (Å²) in [5.41, 5.74) is 0. The molecule has 0 bridgehead atoms. The summed E-state index contributed by atoms with van der Waals surface area (Å²) in [6.45, 7) is 2.82. The van der Waals surface area contributed by atoms with Gasteiger partial charge in [-0.2, -0.15) is 0 Å². The molecule has 0 saturated carbocycles. The molecule has 1 heterocycles. The van der Waals surface area contributed by atoms with Crippen LogP contribution in [0.5, 0.6) is 17.2 Å². The monoisotopic (exact) mass is 210 g/mol. The highest BCUT2D eigenvalue weighted by Gasteiger charge is 2.13. The highest BCUT2D eigenvalue weighted by Crippen LogP contribution is 2.35. The van der Waals surface area contributed by atoms with E-state index in [0.29, 0.717) is 12.4 Å². The summed E-state index contributed by atoms with van der Waals surface area (Å²) in [4.78, 5) is 0. The second-order valence-electron chi connectivity index (χ2n) is 3.61. The Morgan fingerprint density at radius 1 is 1.40 bits per heavy atom. The van der Waals surface area contributed by atoms with Crippen molar-refractivity contribution in [2.75, 3.05) is 20.0 Å². The Bertz CT molecular complexity index is 337. The molecule has 0 spiro atoms. The van der Waals surface area contributed by atoms with Gasteiger partial charge < -0.3 is 19.3 Å². The molecule has 4 nitrogen and oxygen atoms in total. The van der Waals surface area contributed by atoms with Gasteiger partial charge in [0.2, 0.25) is 6.79 Å². The minimum atomic E-state index is 0.130.